The van der Waals surface area contributed by atoms with Crippen LogP contribution in [0.3, 0.4) is 0 Å². The molecule has 3 nitrogen and oxygen atoms in total. The second-order valence-corrected chi connectivity index (χ2v) is 4.77. The summed E-state index contributed by atoms with van der Waals surface area (Å²) in [5, 5.41) is 3.03. The molecule has 0 saturated carbocycles. The second kappa shape index (κ2) is 6.88. The summed E-state index contributed by atoms with van der Waals surface area (Å²) in [6.07, 6.45) is -3.06. The molecule has 0 aliphatic heterocycles. The summed E-state index contributed by atoms with van der Waals surface area (Å²) >= 11 is 0. The van der Waals surface area contributed by atoms with E-state index in [0.29, 0.717) is 5.56 Å². The SMILES string of the molecule is CCN(CC(F)(F)F)c1nccc(CNC(C)C)c1F. The molecule has 0 aliphatic carbocycles. The Kier molecular flexibility index (Phi) is 5.74. The third-order valence-corrected chi connectivity index (χ3v) is 2.70. The molecule has 0 amide bonds. The number of rotatable bonds is 6. The molecule has 1 heterocycles. The van der Waals surface area contributed by atoms with E-state index in [1.807, 2.05) is 13.8 Å². The van der Waals surface area contributed by atoms with Crippen LogP contribution in [-0.2, 0) is 6.54 Å². The zero-order valence-electron chi connectivity index (χ0n) is 11.8. The van der Waals surface area contributed by atoms with E-state index in [4.69, 9.17) is 0 Å². The first-order chi connectivity index (χ1) is 9.24. The predicted octanol–water partition coefficient (Wildman–Crippen LogP) is 3.11. The van der Waals surface area contributed by atoms with E-state index in [1.165, 1.54) is 19.2 Å². The van der Waals surface area contributed by atoms with Gasteiger partial charge in [-0.3, -0.25) is 0 Å². The second-order valence-electron chi connectivity index (χ2n) is 4.77. The minimum Gasteiger partial charge on any atom is -0.345 e. The summed E-state index contributed by atoms with van der Waals surface area (Å²) in [7, 11) is 0. The predicted molar refractivity (Wildman–Crippen MR) is 70.1 cm³/mol. The van der Waals surface area contributed by atoms with Gasteiger partial charge in [-0.2, -0.15) is 13.2 Å². The zero-order valence-corrected chi connectivity index (χ0v) is 11.8. The monoisotopic (exact) mass is 293 g/mol. The fourth-order valence-corrected chi connectivity index (χ4v) is 1.70. The molecule has 0 saturated heterocycles. The number of alkyl halides is 3. The van der Waals surface area contributed by atoms with E-state index in [0.717, 1.165) is 4.90 Å². The van der Waals surface area contributed by atoms with Crippen LogP contribution in [0.1, 0.15) is 26.3 Å². The lowest BCUT2D eigenvalue weighted by molar-refractivity contribution is -0.119. The van der Waals surface area contributed by atoms with E-state index in [9.17, 15) is 17.6 Å². The molecule has 0 radical (unpaired) electrons. The minimum absolute atomic E-state index is 0.0322. The molecule has 0 aromatic carbocycles. The Bertz CT molecular complexity index is 432. The number of hydrogen-bond donors (Lipinski definition) is 1. The van der Waals surface area contributed by atoms with Crippen molar-refractivity contribution >= 4 is 5.82 Å². The lowest BCUT2D eigenvalue weighted by Gasteiger charge is -2.24. The van der Waals surface area contributed by atoms with Crippen molar-refractivity contribution in [1.82, 2.24) is 10.3 Å². The highest BCUT2D eigenvalue weighted by molar-refractivity contribution is 5.43. The normalized spacial score (nSPS) is 12.0. The fraction of sp³-hybridized carbons (Fsp3) is 0.615. The number of nitrogens with zero attached hydrogens (tertiary/aromatic N) is 2. The van der Waals surface area contributed by atoms with Gasteiger partial charge >= 0.3 is 6.18 Å². The molecular formula is C13H19F4N3. The van der Waals surface area contributed by atoms with Crippen LogP contribution in [0.25, 0.3) is 0 Å². The lowest BCUT2D eigenvalue weighted by atomic mass is 10.2. The molecule has 1 aromatic rings. The summed E-state index contributed by atoms with van der Waals surface area (Å²) in [4.78, 5) is 4.63. The maximum Gasteiger partial charge on any atom is 0.405 e. The van der Waals surface area contributed by atoms with Crippen molar-refractivity contribution in [3.8, 4) is 0 Å². The first kappa shape index (κ1) is 16.7. The van der Waals surface area contributed by atoms with Gasteiger partial charge in [0.15, 0.2) is 11.6 Å². The number of halogens is 4. The third-order valence-electron chi connectivity index (χ3n) is 2.70. The lowest BCUT2D eigenvalue weighted by Crippen LogP contribution is -2.35. The summed E-state index contributed by atoms with van der Waals surface area (Å²) in [5.74, 6) is -0.959. The van der Waals surface area contributed by atoms with Gasteiger partial charge in [-0.15, -0.1) is 0 Å². The van der Waals surface area contributed by atoms with Crippen molar-refractivity contribution in [3.63, 3.8) is 0 Å². The summed E-state index contributed by atoms with van der Waals surface area (Å²) in [6, 6.07) is 1.62. The third kappa shape index (κ3) is 4.96. The maximum absolute atomic E-state index is 14.2. The van der Waals surface area contributed by atoms with Crippen LogP contribution in [0.5, 0.6) is 0 Å². The Labute approximate surface area is 116 Å². The first-order valence-electron chi connectivity index (χ1n) is 6.43. The standard InChI is InChI=1S/C13H19F4N3/c1-4-20(8-13(15,16)17)12-11(14)10(5-6-18-12)7-19-9(2)3/h5-6,9,19H,4,7-8H2,1-3H3. The van der Waals surface area contributed by atoms with Gasteiger partial charge in [-0.25, -0.2) is 9.37 Å². The van der Waals surface area contributed by atoms with Crippen LogP contribution in [0, 0.1) is 5.82 Å². The first-order valence-corrected chi connectivity index (χ1v) is 6.43. The topological polar surface area (TPSA) is 28.2 Å². The number of anilines is 1. The Morgan fingerprint density at radius 1 is 1.35 bits per heavy atom. The number of nitrogens with one attached hydrogen (secondary N) is 1. The van der Waals surface area contributed by atoms with Crippen LogP contribution in [0.15, 0.2) is 12.3 Å². The zero-order chi connectivity index (χ0) is 15.3. The van der Waals surface area contributed by atoms with Crippen molar-refractivity contribution < 1.29 is 17.6 Å². The Balaban J connectivity index is 2.96. The number of hydrogen-bond acceptors (Lipinski definition) is 3. The highest BCUT2D eigenvalue weighted by atomic mass is 19.4. The molecule has 1 rings (SSSR count). The van der Waals surface area contributed by atoms with Gasteiger partial charge in [0.1, 0.15) is 6.54 Å². The largest absolute Gasteiger partial charge is 0.405 e. The quantitative estimate of drug-likeness (QED) is 0.817. The smallest absolute Gasteiger partial charge is 0.345 e. The highest BCUT2D eigenvalue weighted by Crippen LogP contribution is 2.24. The average molecular weight is 293 g/mol. The van der Waals surface area contributed by atoms with Crippen molar-refractivity contribution in [2.45, 2.75) is 39.5 Å². The van der Waals surface area contributed by atoms with E-state index in [2.05, 4.69) is 10.3 Å². The molecule has 1 N–H and O–H groups in total. The Morgan fingerprint density at radius 3 is 2.50 bits per heavy atom. The van der Waals surface area contributed by atoms with Gasteiger partial charge in [0, 0.05) is 30.9 Å². The Morgan fingerprint density at radius 2 is 2.00 bits per heavy atom. The van der Waals surface area contributed by atoms with Gasteiger partial charge in [0.25, 0.3) is 0 Å². The average Bonchev–Trinajstić information content (AvgIpc) is 2.33. The van der Waals surface area contributed by atoms with Crippen LogP contribution < -0.4 is 10.2 Å². The number of pyridine rings is 1. The fourth-order valence-electron chi connectivity index (χ4n) is 1.70. The Hall–Kier alpha value is -1.37. The molecule has 0 bridgehead atoms. The molecule has 0 fully saturated rings. The summed E-state index contributed by atoms with van der Waals surface area (Å²) in [5.41, 5.74) is 0.310. The van der Waals surface area contributed by atoms with Crippen LogP contribution in [-0.4, -0.2) is 30.3 Å². The van der Waals surface area contributed by atoms with Crippen molar-refractivity contribution in [3.05, 3.63) is 23.6 Å². The van der Waals surface area contributed by atoms with Gasteiger partial charge in [-0.05, 0) is 13.0 Å². The molecule has 0 spiro atoms. The molecule has 0 aliphatic rings. The van der Waals surface area contributed by atoms with Crippen LogP contribution >= 0.6 is 0 Å². The van der Waals surface area contributed by atoms with Crippen LogP contribution in [0.4, 0.5) is 23.4 Å². The van der Waals surface area contributed by atoms with Crippen molar-refractivity contribution in [1.29, 1.82) is 0 Å². The molecule has 7 heteroatoms. The van der Waals surface area contributed by atoms with Gasteiger partial charge in [0.05, 0.1) is 0 Å². The highest BCUT2D eigenvalue weighted by Gasteiger charge is 2.32. The number of aromatic nitrogens is 1. The van der Waals surface area contributed by atoms with Crippen LogP contribution in [0.2, 0.25) is 0 Å². The molecule has 0 unspecified atom stereocenters. The van der Waals surface area contributed by atoms with Crippen molar-refractivity contribution in [2.24, 2.45) is 0 Å². The summed E-state index contributed by atoms with van der Waals surface area (Å²) < 4.78 is 51.6. The van der Waals surface area contributed by atoms with Gasteiger partial charge in [0.2, 0.25) is 0 Å². The molecule has 114 valence electrons. The van der Waals surface area contributed by atoms with Gasteiger partial charge < -0.3 is 10.2 Å². The minimum atomic E-state index is -4.39. The van der Waals surface area contributed by atoms with E-state index >= 15 is 0 Å². The maximum atomic E-state index is 14.2. The van der Waals surface area contributed by atoms with Gasteiger partial charge in [-0.1, -0.05) is 13.8 Å². The molecular weight excluding hydrogens is 274 g/mol. The van der Waals surface area contributed by atoms with E-state index < -0.39 is 18.5 Å². The van der Waals surface area contributed by atoms with E-state index in [1.54, 1.807) is 0 Å². The van der Waals surface area contributed by atoms with Crippen molar-refractivity contribution in [2.75, 3.05) is 18.0 Å². The van der Waals surface area contributed by atoms with E-state index in [-0.39, 0.29) is 24.9 Å². The molecule has 1 aromatic heterocycles. The summed E-state index contributed by atoms with van der Waals surface area (Å²) in [6.45, 7) is 4.41. The molecule has 0 atom stereocenters. The molecule has 20 heavy (non-hydrogen) atoms.